The van der Waals surface area contributed by atoms with Gasteiger partial charge < -0.3 is 9.83 Å². The quantitative estimate of drug-likeness (QED) is 0.413. The first kappa shape index (κ1) is 20.1. The summed E-state index contributed by atoms with van der Waals surface area (Å²) < 4.78 is 67.5. The van der Waals surface area contributed by atoms with E-state index in [1.165, 1.54) is 0 Å². The highest BCUT2D eigenvalue weighted by molar-refractivity contribution is 6.38. The molecule has 146 valence electrons. The third kappa shape index (κ3) is 3.31. The van der Waals surface area contributed by atoms with Crippen LogP contribution in [-0.4, -0.2) is 14.8 Å². The predicted molar refractivity (Wildman–Crippen MR) is 92.5 cm³/mol. The number of aromatic amines is 1. The molecule has 0 atom stereocenters. The standard InChI is InChI=1S/C16H7Cl2F5N4O/c1-15(19,20)7-5-10(28)25-14-11(7)13(24-2)26-27(14)12-8(17)3-6(4-9(12)18)16(21,22)23/h3-5H,1H3,(H,25,28). The lowest BCUT2D eigenvalue weighted by atomic mass is 10.1. The molecular formula is C16H7Cl2F5N4O. The lowest BCUT2D eigenvalue weighted by Gasteiger charge is -2.13. The van der Waals surface area contributed by atoms with Crippen LogP contribution in [0.4, 0.5) is 27.8 Å². The molecule has 0 unspecified atom stereocenters. The number of fused-ring (bicyclic) bond motifs is 1. The summed E-state index contributed by atoms with van der Waals surface area (Å²) in [6.07, 6.45) is -4.73. The molecule has 0 saturated carbocycles. The maximum Gasteiger partial charge on any atom is 0.416 e. The Labute approximate surface area is 163 Å². The van der Waals surface area contributed by atoms with Crippen molar-refractivity contribution in [2.45, 2.75) is 19.0 Å². The number of hydrogen-bond donors (Lipinski definition) is 1. The van der Waals surface area contributed by atoms with Gasteiger partial charge in [-0.25, -0.2) is 8.78 Å². The van der Waals surface area contributed by atoms with Crippen LogP contribution in [0.2, 0.25) is 10.0 Å². The third-order valence-corrected chi connectivity index (χ3v) is 4.36. The van der Waals surface area contributed by atoms with Crippen LogP contribution in [0, 0.1) is 6.57 Å². The summed E-state index contributed by atoms with van der Waals surface area (Å²) in [4.78, 5) is 17.2. The molecule has 1 aromatic carbocycles. The van der Waals surface area contributed by atoms with E-state index in [9.17, 15) is 26.7 Å². The lowest BCUT2D eigenvalue weighted by molar-refractivity contribution is -0.137. The van der Waals surface area contributed by atoms with Crippen molar-refractivity contribution in [1.82, 2.24) is 14.8 Å². The number of aromatic nitrogens is 3. The molecule has 0 aliphatic rings. The molecule has 0 radical (unpaired) electrons. The Balaban J connectivity index is 2.43. The highest BCUT2D eigenvalue weighted by Crippen LogP contribution is 2.41. The molecule has 2 heterocycles. The number of H-pyrrole nitrogens is 1. The molecule has 0 spiro atoms. The van der Waals surface area contributed by atoms with Gasteiger partial charge in [0.1, 0.15) is 5.69 Å². The smallest absolute Gasteiger partial charge is 0.358 e. The first-order valence-electron chi connectivity index (χ1n) is 7.33. The minimum absolute atomic E-state index is 0.302. The summed E-state index contributed by atoms with van der Waals surface area (Å²) in [5.74, 6) is -4.00. The maximum absolute atomic E-state index is 14.0. The molecule has 0 aliphatic carbocycles. The lowest BCUT2D eigenvalue weighted by Crippen LogP contribution is -2.15. The van der Waals surface area contributed by atoms with Gasteiger partial charge in [0.15, 0.2) is 5.65 Å². The van der Waals surface area contributed by atoms with Gasteiger partial charge in [-0.2, -0.15) is 13.2 Å². The summed E-state index contributed by atoms with van der Waals surface area (Å²) in [5.41, 5.74) is -3.48. The topological polar surface area (TPSA) is 55.0 Å². The van der Waals surface area contributed by atoms with Crippen molar-refractivity contribution in [3.8, 4) is 5.69 Å². The van der Waals surface area contributed by atoms with Gasteiger partial charge in [-0.3, -0.25) is 4.79 Å². The minimum atomic E-state index is -4.73. The van der Waals surface area contributed by atoms with Gasteiger partial charge in [0, 0.05) is 18.6 Å². The normalized spacial score (nSPS) is 12.4. The highest BCUT2D eigenvalue weighted by atomic mass is 35.5. The summed E-state index contributed by atoms with van der Waals surface area (Å²) in [6.45, 7) is 7.71. The van der Waals surface area contributed by atoms with Gasteiger partial charge in [-0.1, -0.05) is 29.8 Å². The number of alkyl halides is 5. The molecule has 0 bridgehead atoms. The van der Waals surface area contributed by atoms with E-state index < -0.39 is 44.6 Å². The van der Waals surface area contributed by atoms with Crippen molar-refractivity contribution in [3.05, 3.63) is 61.1 Å². The van der Waals surface area contributed by atoms with Crippen molar-refractivity contribution in [2.75, 3.05) is 0 Å². The Morgan fingerprint density at radius 2 is 1.71 bits per heavy atom. The fourth-order valence-electron chi connectivity index (χ4n) is 2.64. The zero-order chi connectivity index (χ0) is 21.0. The number of nitrogens with zero attached hydrogens (tertiary/aromatic N) is 3. The van der Waals surface area contributed by atoms with Crippen LogP contribution in [0.1, 0.15) is 18.1 Å². The molecule has 28 heavy (non-hydrogen) atoms. The molecule has 3 aromatic rings. The number of rotatable bonds is 2. The van der Waals surface area contributed by atoms with Crippen LogP contribution in [0.25, 0.3) is 21.6 Å². The second kappa shape index (κ2) is 6.46. The van der Waals surface area contributed by atoms with Crippen molar-refractivity contribution in [2.24, 2.45) is 0 Å². The number of benzene rings is 1. The molecule has 1 N–H and O–H groups in total. The summed E-state index contributed by atoms with van der Waals surface area (Å²) in [5, 5.41) is 2.44. The van der Waals surface area contributed by atoms with E-state index in [1.807, 2.05) is 0 Å². The van der Waals surface area contributed by atoms with E-state index >= 15 is 0 Å². The summed E-state index contributed by atoms with van der Waals surface area (Å²) >= 11 is 11.9. The minimum Gasteiger partial charge on any atom is -0.358 e. The highest BCUT2D eigenvalue weighted by Gasteiger charge is 2.35. The van der Waals surface area contributed by atoms with E-state index in [0.29, 0.717) is 25.1 Å². The van der Waals surface area contributed by atoms with Crippen LogP contribution in [0.5, 0.6) is 0 Å². The van der Waals surface area contributed by atoms with Gasteiger partial charge in [-0.05, 0) is 17.2 Å². The van der Waals surface area contributed by atoms with Gasteiger partial charge in [0.05, 0.1) is 21.0 Å². The Morgan fingerprint density at radius 3 is 2.18 bits per heavy atom. The SMILES string of the molecule is [C-]#[N+]c1nn(-c2c(Cl)cc(C(F)(F)F)cc2Cl)c2[nH]c(=O)cc(C(C)(F)F)c12. The Bertz CT molecular complexity index is 1180. The average molecular weight is 437 g/mol. The Hall–Kier alpha value is -2.64. The van der Waals surface area contributed by atoms with Crippen LogP contribution >= 0.6 is 23.2 Å². The molecule has 0 fully saturated rings. The Morgan fingerprint density at radius 1 is 1.14 bits per heavy atom. The first-order valence-corrected chi connectivity index (χ1v) is 8.08. The number of nitrogens with one attached hydrogen (secondary N) is 1. The number of pyridine rings is 1. The second-order valence-corrected chi connectivity index (χ2v) is 6.61. The monoisotopic (exact) mass is 436 g/mol. The molecule has 0 aliphatic heterocycles. The van der Waals surface area contributed by atoms with Crippen LogP contribution in [0.15, 0.2) is 23.0 Å². The molecule has 2 aromatic heterocycles. The van der Waals surface area contributed by atoms with Crippen LogP contribution in [-0.2, 0) is 12.1 Å². The largest absolute Gasteiger partial charge is 0.416 e. The summed E-state index contributed by atoms with van der Waals surface area (Å²) in [7, 11) is 0. The maximum atomic E-state index is 14.0. The zero-order valence-corrected chi connectivity index (χ0v) is 15.1. The third-order valence-electron chi connectivity index (χ3n) is 3.79. The summed E-state index contributed by atoms with van der Waals surface area (Å²) in [6, 6.07) is 1.77. The van der Waals surface area contributed by atoms with Crippen molar-refractivity contribution < 1.29 is 22.0 Å². The van der Waals surface area contributed by atoms with E-state index in [4.69, 9.17) is 29.8 Å². The molecule has 12 heteroatoms. The number of hydrogen-bond acceptors (Lipinski definition) is 2. The molecule has 0 amide bonds. The molecule has 5 nitrogen and oxygen atoms in total. The van der Waals surface area contributed by atoms with Gasteiger partial charge in [0.2, 0.25) is 5.56 Å². The molecule has 3 rings (SSSR count). The average Bonchev–Trinajstić information content (AvgIpc) is 2.90. The molecular weight excluding hydrogens is 430 g/mol. The first-order chi connectivity index (χ1) is 12.8. The Kier molecular flexibility index (Phi) is 4.64. The van der Waals surface area contributed by atoms with Crippen molar-refractivity contribution >= 4 is 40.1 Å². The zero-order valence-electron chi connectivity index (χ0n) is 13.6. The fourth-order valence-corrected chi connectivity index (χ4v) is 3.29. The van der Waals surface area contributed by atoms with Crippen molar-refractivity contribution in [1.29, 1.82) is 0 Å². The van der Waals surface area contributed by atoms with Gasteiger partial charge in [0.25, 0.3) is 5.92 Å². The van der Waals surface area contributed by atoms with E-state index in [0.717, 1.165) is 4.68 Å². The van der Waals surface area contributed by atoms with E-state index in [2.05, 4.69) is 14.9 Å². The van der Waals surface area contributed by atoms with E-state index in [-0.39, 0.29) is 16.7 Å². The van der Waals surface area contributed by atoms with Crippen LogP contribution < -0.4 is 5.56 Å². The second-order valence-electron chi connectivity index (χ2n) is 5.79. The van der Waals surface area contributed by atoms with Gasteiger partial charge >= 0.3 is 12.0 Å². The van der Waals surface area contributed by atoms with Crippen LogP contribution in [0.3, 0.4) is 0 Å². The van der Waals surface area contributed by atoms with Crippen molar-refractivity contribution in [3.63, 3.8) is 0 Å². The van der Waals surface area contributed by atoms with E-state index in [1.54, 1.807) is 0 Å². The predicted octanol–water partition coefficient (Wildman–Crippen LogP) is 5.70. The number of halogens is 7. The fraction of sp³-hybridized carbons (Fsp3) is 0.188. The molecule has 0 saturated heterocycles. The van der Waals surface area contributed by atoms with Gasteiger partial charge in [-0.15, -0.1) is 4.68 Å².